The van der Waals surface area contributed by atoms with Gasteiger partial charge in [0.05, 0.1) is 25.9 Å². The first-order valence-corrected chi connectivity index (χ1v) is 7.36. The molecule has 0 spiro atoms. The number of amides is 2. The molecule has 0 unspecified atom stereocenters. The SMILES string of the molecule is CCCNC(=O)CN(C)CC(=O)Nc1cc(C)ccc1OC. The van der Waals surface area contributed by atoms with Crippen LogP contribution in [0.5, 0.6) is 5.75 Å². The van der Waals surface area contributed by atoms with Gasteiger partial charge in [-0.3, -0.25) is 14.5 Å². The van der Waals surface area contributed by atoms with Crippen LogP contribution in [-0.4, -0.2) is 50.5 Å². The number of carbonyl (C=O) groups is 2. The van der Waals surface area contributed by atoms with Crippen molar-refractivity contribution in [3.63, 3.8) is 0 Å². The summed E-state index contributed by atoms with van der Waals surface area (Å²) >= 11 is 0. The van der Waals surface area contributed by atoms with Crippen LogP contribution < -0.4 is 15.4 Å². The molecule has 1 aromatic rings. The lowest BCUT2D eigenvalue weighted by molar-refractivity contribution is -0.122. The number of benzene rings is 1. The second-order valence-electron chi connectivity index (χ2n) is 5.27. The zero-order valence-electron chi connectivity index (χ0n) is 13.7. The van der Waals surface area contributed by atoms with Gasteiger partial charge in [0.2, 0.25) is 11.8 Å². The number of hydrogen-bond acceptors (Lipinski definition) is 4. The molecular formula is C16H25N3O3. The smallest absolute Gasteiger partial charge is 0.238 e. The Labute approximate surface area is 131 Å². The van der Waals surface area contributed by atoms with Gasteiger partial charge in [0.1, 0.15) is 5.75 Å². The second-order valence-corrected chi connectivity index (χ2v) is 5.27. The van der Waals surface area contributed by atoms with Crippen LogP contribution in [0, 0.1) is 6.92 Å². The summed E-state index contributed by atoms with van der Waals surface area (Å²) in [5.74, 6) is 0.349. The number of nitrogens with one attached hydrogen (secondary N) is 2. The van der Waals surface area contributed by atoms with Gasteiger partial charge in [-0.15, -0.1) is 0 Å². The van der Waals surface area contributed by atoms with Crippen LogP contribution in [0.25, 0.3) is 0 Å². The Balaban J connectivity index is 2.52. The number of ether oxygens (including phenoxy) is 1. The molecule has 122 valence electrons. The van der Waals surface area contributed by atoms with Crippen LogP contribution in [0.1, 0.15) is 18.9 Å². The van der Waals surface area contributed by atoms with E-state index in [1.54, 1.807) is 19.1 Å². The maximum Gasteiger partial charge on any atom is 0.238 e. The third kappa shape index (κ3) is 6.13. The minimum atomic E-state index is -0.185. The van der Waals surface area contributed by atoms with Crippen molar-refractivity contribution in [1.82, 2.24) is 10.2 Å². The van der Waals surface area contributed by atoms with Crippen molar-refractivity contribution in [3.05, 3.63) is 23.8 Å². The lowest BCUT2D eigenvalue weighted by Crippen LogP contribution is -2.39. The summed E-state index contributed by atoms with van der Waals surface area (Å²) in [4.78, 5) is 25.3. The number of anilines is 1. The largest absolute Gasteiger partial charge is 0.495 e. The van der Waals surface area contributed by atoms with Gasteiger partial charge >= 0.3 is 0 Å². The molecule has 0 aliphatic heterocycles. The third-order valence-electron chi connectivity index (χ3n) is 3.03. The molecule has 1 aromatic carbocycles. The molecule has 0 aromatic heterocycles. The minimum Gasteiger partial charge on any atom is -0.495 e. The Morgan fingerprint density at radius 1 is 1.23 bits per heavy atom. The van der Waals surface area contributed by atoms with E-state index in [1.807, 2.05) is 32.0 Å². The van der Waals surface area contributed by atoms with Crippen LogP contribution >= 0.6 is 0 Å². The van der Waals surface area contributed by atoms with Crippen LogP contribution in [0.2, 0.25) is 0 Å². The molecule has 0 aliphatic carbocycles. The summed E-state index contributed by atoms with van der Waals surface area (Å²) in [5.41, 5.74) is 1.67. The Kier molecular flexibility index (Phi) is 7.39. The maximum atomic E-state index is 12.1. The highest BCUT2D eigenvalue weighted by atomic mass is 16.5. The standard InChI is InChI=1S/C16H25N3O3/c1-5-8-17-15(20)10-19(3)11-16(21)18-13-9-12(2)6-7-14(13)22-4/h6-7,9H,5,8,10-11H2,1-4H3,(H,17,20)(H,18,21). The highest BCUT2D eigenvalue weighted by Gasteiger charge is 2.12. The van der Waals surface area contributed by atoms with Gasteiger partial charge in [-0.05, 0) is 38.1 Å². The molecule has 0 atom stereocenters. The summed E-state index contributed by atoms with van der Waals surface area (Å²) in [6, 6.07) is 5.58. The lowest BCUT2D eigenvalue weighted by atomic mass is 10.2. The molecule has 6 heteroatoms. The molecule has 0 heterocycles. The van der Waals surface area contributed by atoms with E-state index in [-0.39, 0.29) is 24.9 Å². The summed E-state index contributed by atoms with van der Waals surface area (Å²) in [6.07, 6.45) is 0.892. The Bertz CT molecular complexity index is 517. The lowest BCUT2D eigenvalue weighted by Gasteiger charge is -2.17. The van der Waals surface area contributed by atoms with E-state index < -0.39 is 0 Å². The van der Waals surface area contributed by atoms with Crippen LogP contribution in [0.3, 0.4) is 0 Å². The molecule has 0 saturated heterocycles. The summed E-state index contributed by atoms with van der Waals surface area (Å²) in [5, 5.41) is 5.59. The summed E-state index contributed by atoms with van der Waals surface area (Å²) in [6.45, 7) is 4.92. The van der Waals surface area contributed by atoms with E-state index in [9.17, 15) is 9.59 Å². The van der Waals surface area contributed by atoms with E-state index in [4.69, 9.17) is 4.74 Å². The highest BCUT2D eigenvalue weighted by molar-refractivity contribution is 5.94. The number of nitrogens with zero attached hydrogens (tertiary/aromatic N) is 1. The molecule has 22 heavy (non-hydrogen) atoms. The van der Waals surface area contributed by atoms with Crippen molar-refractivity contribution >= 4 is 17.5 Å². The molecule has 2 N–H and O–H groups in total. The Morgan fingerprint density at radius 2 is 1.91 bits per heavy atom. The van der Waals surface area contributed by atoms with E-state index in [0.29, 0.717) is 18.0 Å². The first kappa shape index (κ1) is 18.0. The molecule has 6 nitrogen and oxygen atoms in total. The monoisotopic (exact) mass is 307 g/mol. The minimum absolute atomic E-state index is 0.0784. The van der Waals surface area contributed by atoms with Crippen molar-refractivity contribution < 1.29 is 14.3 Å². The number of carbonyl (C=O) groups excluding carboxylic acids is 2. The molecule has 0 radical (unpaired) electrons. The fourth-order valence-electron chi connectivity index (χ4n) is 1.98. The second kappa shape index (κ2) is 9.04. The molecule has 0 aliphatic rings. The summed E-state index contributed by atoms with van der Waals surface area (Å²) < 4.78 is 5.22. The molecule has 2 amide bonds. The maximum absolute atomic E-state index is 12.1. The molecule has 0 saturated carbocycles. The predicted molar refractivity (Wildman–Crippen MR) is 87.2 cm³/mol. The Morgan fingerprint density at radius 3 is 2.55 bits per heavy atom. The zero-order valence-corrected chi connectivity index (χ0v) is 13.7. The van der Waals surface area contributed by atoms with E-state index >= 15 is 0 Å². The summed E-state index contributed by atoms with van der Waals surface area (Å²) in [7, 11) is 3.29. The number of likely N-dealkylation sites (N-methyl/N-ethyl adjacent to an activating group) is 1. The van der Waals surface area contributed by atoms with Gasteiger partial charge in [-0.1, -0.05) is 13.0 Å². The Hall–Kier alpha value is -2.08. The van der Waals surface area contributed by atoms with Crippen molar-refractivity contribution in [1.29, 1.82) is 0 Å². The van der Waals surface area contributed by atoms with Crippen molar-refractivity contribution in [3.8, 4) is 5.75 Å². The van der Waals surface area contributed by atoms with Crippen molar-refractivity contribution in [2.75, 3.05) is 39.1 Å². The van der Waals surface area contributed by atoms with Crippen LogP contribution in [-0.2, 0) is 9.59 Å². The zero-order chi connectivity index (χ0) is 16.5. The van der Waals surface area contributed by atoms with E-state index in [1.165, 1.54) is 0 Å². The normalized spacial score (nSPS) is 10.4. The topological polar surface area (TPSA) is 70.7 Å². The number of rotatable bonds is 8. The first-order chi connectivity index (χ1) is 10.5. The van der Waals surface area contributed by atoms with Gasteiger partial charge < -0.3 is 15.4 Å². The molecule has 0 fully saturated rings. The average Bonchev–Trinajstić information content (AvgIpc) is 2.45. The van der Waals surface area contributed by atoms with Crippen molar-refractivity contribution in [2.24, 2.45) is 0 Å². The van der Waals surface area contributed by atoms with Gasteiger partial charge in [-0.2, -0.15) is 0 Å². The first-order valence-electron chi connectivity index (χ1n) is 7.36. The number of methoxy groups -OCH3 is 1. The number of aryl methyl sites for hydroxylation is 1. The van der Waals surface area contributed by atoms with E-state index in [2.05, 4.69) is 10.6 Å². The number of hydrogen-bond donors (Lipinski definition) is 2. The van der Waals surface area contributed by atoms with Gasteiger partial charge in [0, 0.05) is 6.54 Å². The fourth-order valence-corrected chi connectivity index (χ4v) is 1.98. The van der Waals surface area contributed by atoms with Crippen LogP contribution in [0.4, 0.5) is 5.69 Å². The van der Waals surface area contributed by atoms with Crippen LogP contribution in [0.15, 0.2) is 18.2 Å². The average molecular weight is 307 g/mol. The molecule has 0 bridgehead atoms. The van der Waals surface area contributed by atoms with Gasteiger partial charge in [0.15, 0.2) is 0 Å². The fraction of sp³-hybridized carbons (Fsp3) is 0.500. The third-order valence-corrected chi connectivity index (χ3v) is 3.03. The van der Waals surface area contributed by atoms with Crippen molar-refractivity contribution in [2.45, 2.75) is 20.3 Å². The molecular weight excluding hydrogens is 282 g/mol. The molecule has 1 rings (SSSR count). The van der Waals surface area contributed by atoms with E-state index in [0.717, 1.165) is 12.0 Å². The van der Waals surface area contributed by atoms with Gasteiger partial charge in [-0.25, -0.2) is 0 Å². The van der Waals surface area contributed by atoms with Gasteiger partial charge in [0.25, 0.3) is 0 Å². The highest BCUT2D eigenvalue weighted by Crippen LogP contribution is 2.24. The predicted octanol–water partition coefficient (Wildman–Crippen LogP) is 1.40. The quantitative estimate of drug-likeness (QED) is 0.761.